The van der Waals surface area contributed by atoms with Crippen molar-refractivity contribution in [2.45, 2.75) is 18.9 Å². The molecule has 0 aliphatic carbocycles. The lowest BCUT2D eigenvalue weighted by Crippen LogP contribution is -2.37. The van der Waals surface area contributed by atoms with E-state index in [0.29, 0.717) is 11.8 Å². The molecule has 2 aromatic carbocycles. The molecular formula is C21H24N3OP. The van der Waals surface area contributed by atoms with Crippen LogP contribution in [0.3, 0.4) is 0 Å². The summed E-state index contributed by atoms with van der Waals surface area (Å²) in [5.41, 5.74) is 5.97. The molecular weight excluding hydrogens is 341 g/mol. The zero-order valence-corrected chi connectivity index (χ0v) is 15.8. The summed E-state index contributed by atoms with van der Waals surface area (Å²) in [6.07, 6.45) is 2.23. The van der Waals surface area contributed by atoms with E-state index in [1.807, 2.05) is 12.1 Å². The number of phenolic OH excluding ortho intramolecular Hbond substituents is 1. The Morgan fingerprint density at radius 2 is 1.81 bits per heavy atom. The summed E-state index contributed by atoms with van der Waals surface area (Å²) >= 11 is 0. The first kappa shape index (κ1) is 16.2. The first-order valence-electron chi connectivity index (χ1n) is 9.46. The molecule has 3 aliphatic heterocycles. The number of benzene rings is 2. The van der Waals surface area contributed by atoms with Gasteiger partial charge in [-0.25, -0.2) is 0 Å². The van der Waals surface area contributed by atoms with Gasteiger partial charge in [0.05, 0.1) is 5.42 Å². The van der Waals surface area contributed by atoms with E-state index < -0.39 is 0 Å². The van der Waals surface area contributed by atoms with Crippen molar-refractivity contribution in [1.82, 2.24) is 5.32 Å². The lowest BCUT2D eigenvalue weighted by molar-refractivity contribution is 0.474. The second-order valence-corrected chi connectivity index (χ2v) is 8.05. The van der Waals surface area contributed by atoms with Gasteiger partial charge in [-0.05, 0) is 66.8 Å². The number of anilines is 2. The van der Waals surface area contributed by atoms with E-state index in [2.05, 4.69) is 48.2 Å². The van der Waals surface area contributed by atoms with Crippen LogP contribution in [0.5, 0.6) is 5.75 Å². The van der Waals surface area contributed by atoms with Crippen LogP contribution >= 0.6 is 8.86 Å². The van der Waals surface area contributed by atoms with E-state index in [0.717, 1.165) is 36.4 Å². The van der Waals surface area contributed by atoms with Crippen LogP contribution in [0.4, 0.5) is 11.4 Å². The van der Waals surface area contributed by atoms with E-state index in [4.69, 9.17) is 0 Å². The number of nitrogens with zero attached hydrogens (tertiary/aromatic N) is 2. The van der Waals surface area contributed by atoms with Gasteiger partial charge in [0.15, 0.2) is 0 Å². The van der Waals surface area contributed by atoms with Gasteiger partial charge >= 0.3 is 0 Å². The normalized spacial score (nSPS) is 24.7. The molecule has 3 heterocycles. The molecule has 2 fully saturated rings. The zero-order chi connectivity index (χ0) is 17.7. The third-order valence-electron chi connectivity index (χ3n) is 6.16. The van der Waals surface area contributed by atoms with Gasteiger partial charge in [-0.15, -0.1) is 0 Å². The zero-order valence-electron chi connectivity index (χ0n) is 14.8. The molecule has 0 bridgehead atoms. The maximum Gasteiger partial charge on any atom is 0.115 e. The van der Waals surface area contributed by atoms with Gasteiger partial charge < -0.3 is 20.2 Å². The quantitative estimate of drug-likeness (QED) is 0.803. The number of fused-ring (bicyclic) bond motifs is 2. The number of phenols is 1. The molecule has 0 radical (unpaired) electrons. The lowest BCUT2D eigenvalue weighted by Gasteiger charge is -2.33. The molecule has 2 N–H and O–H groups in total. The van der Waals surface area contributed by atoms with Crippen LogP contribution in [0.1, 0.15) is 17.5 Å². The summed E-state index contributed by atoms with van der Waals surface area (Å²) in [6, 6.07) is 15.3. The Morgan fingerprint density at radius 1 is 1.00 bits per heavy atom. The van der Waals surface area contributed by atoms with Crippen LogP contribution in [0.2, 0.25) is 0 Å². The highest BCUT2D eigenvalue weighted by atomic mass is 31.0. The monoisotopic (exact) mass is 365 g/mol. The molecule has 3 aliphatic rings. The number of nitrogens with one attached hydrogen (secondary N) is 1. The highest BCUT2D eigenvalue weighted by Crippen LogP contribution is 2.34. The molecule has 2 atom stereocenters. The maximum atomic E-state index is 9.71. The second kappa shape index (κ2) is 6.29. The van der Waals surface area contributed by atoms with E-state index >= 15 is 0 Å². The molecule has 134 valence electrons. The highest BCUT2D eigenvalue weighted by molar-refractivity contribution is 7.22. The third-order valence-corrected chi connectivity index (χ3v) is 6.70. The largest absolute Gasteiger partial charge is 0.508 e. The fourth-order valence-electron chi connectivity index (χ4n) is 4.76. The minimum atomic E-state index is 0.339. The van der Waals surface area contributed by atoms with Crippen molar-refractivity contribution in [1.29, 1.82) is 0 Å². The Morgan fingerprint density at radius 3 is 2.65 bits per heavy atom. The average molecular weight is 365 g/mol. The summed E-state index contributed by atoms with van der Waals surface area (Å²) in [6.45, 7) is 4.37. The Hall–Kier alpha value is -2.03. The molecule has 5 rings (SSSR count). The standard InChI is InChI=1S/C21H24N3OP/c25-18-5-6-19-14(11-18)7-10-24(21(19)26)17-3-1-16(2-4-17)23-9-8-15-12-22-13-20(15)23/h1-6,11,15,20,22,25-26H,7-10,12-13H2. The fourth-order valence-corrected chi connectivity index (χ4v) is 5.24. The molecule has 0 saturated carbocycles. The number of hydrogen-bond donors (Lipinski definition) is 2. The third kappa shape index (κ3) is 2.60. The maximum absolute atomic E-state index is 9.71. The van der Waals surface area contributed by atoms with Crippen LogP contribution in [0, 0.1) is 5.92 Å². The molecule has 2 unspecified atom stereocenters. The van der Waals surface area contributed by atoms with Gasteiger partial charge in [-0.1, -0.05) is 8.86 Å². The van der Waals surface area contributed by atoms with Crippen LogP contribution < -0.4 is 15.1 Å². The van der Waals surface area contributed by atoms with Gasteiger partial charge in [-0.2, -0.15) is 0 Å². The van der Waals surface area contributed by atoms with Crippen molar-refractivity contribution in [3.05, 3.63) is 53.6 Å². The molecule has 2 aromatic rings. The van der Waals surface area contributed by atoms with Crippen molar-refractivity contribution in [2.75, 3.05) is 36.0 Å². The number of aromatic hydroxyl groups is 1. The Bertz CT molecular complexity index is 851. The molecule has 4 nitrogen and oxygen atoms in total. The highest BCUT2D eigenvalue weighted by Gasteiger charge is 2.37. The first-order chi connectivity index (χ1) is 12.7. The van der Waals surface area contributed by atoms with Crippen molar-refractivity contribution < 1.29 is 5.11 Å². The predicted molar refractivity (Wildman–Crippen MR) is 110 cm³/mol. The van der Waals surface area contributed by atoms with Gasteiger partial charge in [0.1, 0.15) is 5.75 Å². The second-order valence-electron chi connectivity index (χ2n) is 7.58. The summed E-state index contributed by atoms with van der Waals surface area (Å²) in [4.78, 5) is 4.88. The van der Waals surface area contributed by atoms with Crippen molar-refractivity contribution in [3.63, 3.8) is 0 Å². The average Bonchev–Trinajstić information content (AvgIpc) is 3.26. The predicted octanol–water partition coefficient (Wildman–Crippen LogP) is 2.87. The number of rotatable bonds is 2. The van der Waals surface area contributed by atoms with E-state index in [9.17, 15) is 5.11 Å². The van der Waals surface area contributed by atoms with Gasteiger partial charge in [0.25, 0.3) is 0 Å². The molecule has 2 saturated heterocycles. The number of hydrogen-bond acceptors (Lipinski definition) is 3. The molecule has 5 heteroatoms. The summed E-state index contributed by atoms with van der Waals surface area (Å²) in [5, 5.41) is 13.2. The molecule has 0 amide bonds. The smallest absolute Gasteiger partial charge is 0.115 e. The van der Waals surface area contributed by atoms with Crippen LogP contribution in [-0.2, 0) is 6.42 Å². The topological polar surface area (TPSA) is 38.7 Å². The summed E-state index contributed by atoms with van der Waals surface area (Å²) < 4.78 is 0. The summed E-state index contributed by atoms with van der Waals surface area (Å²) in [7, 11) is 3.84. The Labute approximate surface area is 156 Å². The van der Waals surface area contributed by atoms with Crippen LogP contribution in [0.15, 0.2) is 42.5 Å². The van der Waals surface area contributed by atoms with Crippen molar-refractivity contribution >= 4 is 25.7 Å². The first-order valence-corrected chi connectivity index (χ1v) is 9.96. The van der Waals surface area contributed by atoms with E-state index in [-0.39, 0.29) is 0 Å². The summed E-state index contributed by atoms with van der Waals surface area (Å²) in [5.74, 6) is 1.15. The molecule has 26 heavy (non-hydrogen) atoms. The van der Waals surface area contributed by atoms with Gasteiger partial charge in [0, 0.05) is 49.2 Å². The Balaban J connectivity index is 1.38. The molecule has 0 spiro atoms. The van der Waals surface area contributed by atoms with Crippen molar-refractivity contribution in [2.24, 2.45) is 5.92 Å². The van der Waals surface area contributed by atoms with Crippen molar-refractivity contribution in [3.8, 4) is 5.75 Å². The van der Waals surface area contributed by atoms with Gasteiger partial charge in [-0.3, -0.25) is 0 Å². The molecule has 0 aromatic heterocycles. The van der Waals surface area contributed by atoms with E-state index in [1.165, 1.54) is 36.4 Å². The SMILES string of the molecule is Oc1ccc2c(c1)CCN(c1ccc(N3CCC4CNCC43)cc1)C2=P. The Kier molecular flexibility index (Phi) is 3.91. The lowest BCUT2D eigenvalue weighted by atomic mass is 9.98. The van der Waals surface area contributed by atoms with Crippen LogP contribution in [0.25, 0.3) is 0 Å². The van der Waals surface area contributed by atoms with E-state index in [1.54, 1.807) is 6.07 Å². The minimum Gasteiger partial charge on any atom is -0.508 e. The van der Waals surface area contributed by atoms with Gasteiger partial charge in [0.2, 0.25) is 0 Å². The fraction of sp³-hybridized carbons (Fsp3) is 0.381. The van der Waals surface area contributed by atoms with Crippen LogP contribution in [-0.4, -0.2) is 42.7 Å². The minimum absolute atomic E-state index is 0.339.